The molecule has 0 aromatic heterocycles. The number of thioether (sulfide) groups is 1. The highest BCUT2D eigenvalue weighted by Gasteiger charge is 2.30. The van der Waals surface area contributed by atoms with E-state index in [1.54, 1.807) is 18.7 Å². The second-order valence-electron chi connectivity index (χ2n) is 4.72. The lowest BCUT2D eigenvalue weighted by atomic mass is 10.3. The lowest BCUT2D eigenvalue weighted by Gasteiger charge is -2.15. The van der Waals surface area contributed by atoms with Crippen molar-refractivity contribution in [1.29, 1.82) is 0 Å². The van der Waals surface area contributed by atoms with E-state index >= 15 is 0 Å². The van der Waals surface area contributed by atoms with Gasteiger partial charge >= 0.3 is 6.36 Å². The second kappa shape index (κ2) is 8.14. The van der Waals surface area contributed by atoms with E-state index in [1.807, 2.05) is 6.92 Å². The number of nitrogen functional groups attached to an aromatic ring is 1. The van der Waals surface area contributed by atoms with E-state index in [-0.39, 0.29) is 11.5 Å². The van der Waals surface area contributed by atoms with Gasteiger partial charge in [0.15, 0.2) is 5.78 Å². The summed E-state index contributed by atoms with van der Waals surface area (Å²) in [6, 6.07) is 4.98. The third-order valence-electron chi connectivity index (χ3n) is 2.98. The molecule has 23 heavy (non-hydrogen) atoms. The van der Waals surface area contributed by atoms with Gasteiger partial charge in [0.05, 0.1) is 10.8 Å². The molecule has 1 aliphatic rings. The summed E-state index contributed by atoms with van der Waals surface area (Å²) >= 11 is 1.65. The third kappa shape index (κ3) is 6.43. The van der Waals surface area contributed by atoms with Crippen LogP contribution in [0.25, 0.3) is 0 Å². The fraction of sp³-hybridized carbons (Fsp3) is 0.400. The van der Waals surface area contributed by atoms with Crippen LogP contribution in [-0.4, -0.2) is 29.5 Å². The second-order valence-corrected chi connectivity index (χ2v) is 5.67. The van der Waals surface area contributed by atoms with Crippen molar-refractivity contribution in [3.8, 4) is 5.75 Å². The molecule has 0 unspecified atom stereocenters. The van der Waals surface area contributed by atoms with Crippen molar-refractivity contribution in [3.05, 3.63) is 34.9 Å². The summed E-state index contributed by atoms with van der Waals surface area (Å²) in [5, 5.41) is 0. The number of ketones is 1. The molecule has 0 amide bonds. The average Bonchev–Trinajstić information content (AvgIpc) is 2.82. The number of rotatable bonds is 3. The minimum absolute atomic E-state index is 0.198. The average molecular weight is 348 g/mol. The van der Waals surface area contributed by atoms with Crippen molar-refractivity contribution in [1.82, 2.24) is 4.90 Å². The zero-order valence-electron chi connectivity index (χ0n) is 13.1. The quantitative estimate of drug-likeness (QED) is 0.837. The zero-order chi connectivity index (χ0) is 17.6. The number of allylic oxidation sites excluding steroid dienone is 2. The molecule has 2 rings (SSSR count). The summed E-state index contributed by atoms with van der Waals surface area (Å²) in [5.41, 5.74) is 6.79. The van der Waals surface area contributed by atoms with Gasteiger partial charge in [-0.15, -0.1) is 13.2 Å². The predicted octanol–water partition coefficient (Wildman–Crippen LogP) is 4.00. The van der Waals surface area contributed by atoms with Gasteiger partial charge in [-0.2, -0.15) is 0 Å². The van der Waals surface area contributed by atoms with Crippen molar-refractivity contribution in [2.45, 2.75) is 27.1 Å². The number of alkyl halides is 3. The Labute approximate surface area is 137 Å². The molecule has 1 heterocycles. The Kier molecular flexibility index (Phi) is 6.80. The van der Waals surface area contributed by atoms with Crippen molar-refractivity contribution < 1.29 is 22.7 Å². The van der Waals surface area contributed by atoms with Crippen LogP contribution in [0.2, 0.25) is 0 Å². The summed E-state index contributed by atoms with van der Waals surface area (Å²) in [6.07, 6.45) is -4.64. The molecule has 8 heteroatoms. The minimum Gasteiger partial charge on any atom is -0.406 e. The van der Waals surface area contributed by atoms with E-state index in [0.29, 0.717) is 5.69 Å². The number of Topliss-reactive ketones (excluding diaryl/α,β-unsaturated/α-hetero) is 1. The molecule has 0 saturated carbocycles. The van der Waals surface area contributed by atoms with Crippen LogP contribution in [0.4, 0.5) is 18.9 Å². The molecule has 0 fully saturated rings. The molecular weight excluding hydrogens is 329 g/mol. The van der Waals surface area contributed by atoms with Gasteiger partial charge < -0.3 is 15.4 Å². The number of carbonyl (C=O) groups excluding carboxylic acids is 1. The lowest BCUT2D eigenvalue weighted by molar-refractivity contribution is -0.274. The number of halogens is 3. The summed E-state index contributed by atoms with van der Waals surface area (Å²) in [6.45, 7) is 6.74. The molecular formula is C15H19F3N2O2S. The number of nitrogens with two attached hydrogens (primary N) is 1. The van der Waals surface area contributed by atoms with Crippen LogP contribution in [0.3, 0.4) is 0 Å². The van der Waals surface area contributed by atoms with Gasteiger partial charge in [0.1, 0.15) is 5.75 Å². The van der Waals surface area contributed by atoms with Gasteiger partial charge in [-0.3, -0.25) is 4.79 Å². The van der Waals surface area contributed by atoms with Crippen molar-refractivity contribution in [2.75, 3.05) is 18.2 Å². The van der Waals surface area contributed by atoms with Crippen LogP contribution in [0.15, 0.2) is 34.9 Å². The van der Waals surface area contributed by atoms with Gasteiger partial charge in [0.2, 0.25) is 0 Å². The Balaban J connectivity index is 0.000000231. The first-order valence-corrected chi connectivity index (χ1v) is 7.83. The molecule has 0 aliphatic carbocycles. The van der Waals surface area contributed by atoms with Crippen molar-refractivity contribution in [2.24, 2.45) is 0 Å². The first-order valence-electron chi connectivity index (χ1n) is 6.85. The maximum atomic E-state index is 11.6. The molecule has 1 aromatic carbocycles. The van der Waals surface area contributed by atoms with Crippen LogP contribution in [0.5, 0.6) is 5.75 Å². The third-order valence-corrected chi connectivity index (χ3v) is 4.30. The van der Waals surface area contributed by atoms with Gasteiger partial charge in [-0.05, 0) is 45.0 Å². The number of benzene rings is 1. The molecule has 4 nitrogen and oxygen atoms in total. The molecule has 0 radical (unpaired) electrons. The monoisotopic (exact) mass is 348 g/mol. The van der Waals surface area contributed by atoms with Crippen LogP contribution in [0, 0.1) is 0 Å². The first kappa shape index (κ1) is 19.2. The SMILES string of the molecule is CCN1CSC(C(C)=O)=C1C.Nc1ccc(OC(F)(F)F)cc1. The molecule has 128 valence electrons. The number of anilines is 1. The minimum atomic E-state index is -4.64. The van der Waals surface area contributed by atoms with E-state index in [4.69, 9.17) is 5.73 Å². The summed E-state index contributed by atoms with van der Waals surface area (Å²) in [5.74, 6) is 0.872. The fourth-order valence-corrected chi connectivity index (χ4v) is 3.04. The zero-order valence-corrected chi connectivity index (χ0v) is 13.9. The standard InChI is InChI=1S/C8H13NOS.C7H6F3NO/c1-4-9-5-11-8(6(9)2)7(3)10;8-7(9,10)12-6-3-1-5(11)2-4-6/h4-5H2,1-3H3;1-4H,11H2. The number of ether oxygens (including phenoxy) is 1. The normalized spacial score (nSPS) is 14.4. The van der Waals surface area contributed by atoms with E-state index in [0.717, 1.165) is 35.2 Å². The van der Waals surface area contributed by atoms with E-state index < -0.39 is 6.36 Å². The summed E-state index contributed by atoms with van der Waals surface area (Å²) in [4.78, 5) is 14.2. The number of hydrogen-bond donors (Lipinski definition) is 1. The number of carbonyl (C=O) groups is 1. The molecule has 0 atom stereocenters. The Bertz CT molecular complexity index is 571. The van der Waals surface area contributed by atoms with Crippen LogP contribution < -0.4 is 10.5 Å². The molecule has 1 aliphatic heterocycles. The maximum absolute atomic E-state index is 11.6. The molecule has 0 bridgehead atoms. The molecule has 2 N–H and O–H groups in total. The first-order chi connectivity index (χ1) is 10.6. The lowest BCUT2D eigenvalue weighted by Crippen LogP contribution is -2.16. The van der Waals surface area contributed by atoms with Gasteiger partial charge in [0.25, 0.3) is 0 Å². The topological polar surface area (TPSA) is 55.6 Å². The Hall–Kier alpha value is -1.83. The fourth-order valence-electron chi connectivity index (χ4n) is 1.84. The largest absolute Gasteiger partial charge is 0.573 e. The highest BCUT2D eigenvalue weighted by Crippen LogP contribution is 2.31. The number of nitrogens with zero attached hydrogens (tertiary/aromatic N) is 1. The van der Waals surface area contributed by atoms with E-state index in [9.17, 15) is 18.0 Å². The maximum Gasteiger partial charge on any atom is 0.573 e. The molecule has 0 saturated heterocycles. The van der Waals surface area contributed by atoms with Crippen molar-refractivity contribution in [3.63, 3.8) is 0 Å². The Morgan fingerprint density at radius 3 is 2.26 bits per heavy atom. The van der Waals surface area contributed by atoms with Crippen LogP contribution >= 0.6 is 11.8 Å². The highest BCUT2D eigenvalue weighted by molar-refractivity contribution is 8.04. The van der Waals surface area contributed by atoms with Crippen LogP contribution in [0.1, 0.15) is 20.8 Å². The highest BCUT2D eigenvalue weighted by atomic mass is 32.2. The number of hydrogen-bond acceptors (Lipinski definition) is 5. The van der Waals surface area contributed by atoms with Gasteiger partial charge in [-0.1, -0.05) is 11.8 Å². The Morgan fingerprint density at radius 1 is 1.35 bits per heavy atom. The molecule has 0 spiro atoms. The van der Waals surface area contributed by atoms with E-state index in [1.165, 1.54) is 12.1 Å². The van der Waals surface area contributed by atoms with Crippen molar-refractivity contribution >= 4 is 23.2 Å². The molecule has 1 aromatic rings. The van der Waals surface area contributed by atoms with Gasteiger partial charge in [-0.25, -0.2) is 0 Å². The summed E-state index contributed by atoms with van der Waals surface area (Å²) < 4.78 is 38.4. The Morgan fingerprint density at radius 2 is 1.91 bits per heavy atom. The van der Waals surface area contributed by atoms with E-state index in [2.05, 4.69) is 16.6 Å². The van der Waals surface area contributed by atoms with Crippen LogP contribution in [-0.2, 0) is 4.79 Å². The van der Waals surface area contributed by atoms with Gasteiger partial charge in [0, 0.05) is 17.9 Å². The summed E-state index contributed by atoms with van der Waals surface area (Å²) in [7, 11) is 0. The smallest absolute Gasteiger partial charge is 0.406 e. The predicted molar refractivity (Wildman–Crippen MR) is 85.8 cm³/mol.